The van der Waals surface area contributed by atoms with E-state index in [1.165, 1.54) is 0 Å². The van der Waals surface area contributed by atoms with E-state index in [1.54, 1.807) is 0 Å². The smallest absolute Gasteiger partial charge is 0.303 e. The predicted octanol–water partition coefficient (Wildman–Crippen LogP) is -1.38. The van der Waals surface area contributed by atoms with E-state index in [9.17, 15) is 38.7 Å². The van der Waals surface area contributed by atoms with Crippen molar-refractivity contribution in [3.8, 4) is 0 Å². The highest BCUT2D eigenvalue weighted by molar-refractivity contribution is 5.82. The van der Waals surface area contributed by atoms with Crippen LogP contribution in [0.4, 0.5) is 0 Å². The maximum atomic E-state index is 12.5. The summed E-state index contributed by atoms with van der Waals surface area (Å²) in [5.74, 6) is -5.92. The van der Waals surface area contributed by atoms with Crippen molar-refractivity contribution in [1.29, 1.82) is 0 Å². The van der Waals surface area contributed by atoms with Crippen LogP contribution in [0.5, 0.6) is 0 Å². The van der Waals surface area contributed by atoms with Crippen molar-refractivity contribution in [2.45, 2.75) is 110 Å². The minimum atomic E-state index is -1.90. The molecular weight excluding hydrogens is 572 g/mol. The van der Waals surface area contributed by atoms with Gasteiger partial charge in [0.05, 0.1) is 6.61 Å². The van der Waals surface area contributed by atoms with Crippen LogP contribution in [0.15, 0.2) is 0 Å². The summed E-state index contributed by atoms with van der Waals surface area (Å²) >= 11 is 0. The number of hydrogen-bond acceptors (Lipinski definition) is 17. The molecule has 2 fully saturated rings. The minimum absolute atomic E-state index is 0.655. The van der Waals surface area contributed by atoms with Gasteiger partial charge < -0.3 is 47.7 Å². The molecule has 0 aromatic heterocycles. The van der Waals surface area contributed by atoms with E-state index < -0.39 is 110 Å². The van der Waals surface area contributed by atoms with Gasteiger partial charge in [0, 0.05) is 41.5 Å². The van der Waals surface area contributed by atoms with Gasteiger partial charge in [0.1, 0.15) is 6.10 Å². The van der Waals surface area contributed by atoms with Gasteiger partial charge in [-0.1, -0.05) is 0 Å². The molecule has 2 rings (SSSR count). The summed E-state index contributed by atoms with van der Waals surface area (Å²) in [6.45, 7) is 6.62. The second kappa shape index (κ2) is 15.0. The Balaban J connectivity index is 2.46. The number of esters is 6. The highest BCUT2D eigenvalue weighted by Gasteiger charge is 2.55. The lowest BCUT2D eigenvalue weighted by molar-refractivity contribution is -0.324. The Hall–Kier alpha value is -3.67. The molecule has 2 saturated heterocycles. The van der Waals surface area contributed by atoms with E-state index in [-0.39, 0.29) is 0 Å². The third-order valence-electron chi connectivity index (χ3n) is 5.74. The SMILES string of the molecule is CC(=O)OC1C(OC(C)=O)[C@@H](COC2OC(C(C)=O)[C@@H](OC(C)=O)[C@H](OC(C)=O)[C@H]2OC(C)=O)OC(O)[C@@H]1OC(C)=O. The van der Waals surface area contributed by atoms with Crippen molar-refractivity contribution in [2.24, 2.45) is 0 Å². The first-order valence-corrected chi connectivity index (χ1v) is 12.7. The Bertz CT molecular complexity index is 1060. The zero-order chi connectivity index (χ0) is 31.9. The summed E-state index contributed by atoms with van der Waals surface area (Å²) in [7, 11) is 0. The lowest BCUT2D eigenvalue weighted by Crippen LogP contribution is -2.65. The third kappa shape index (κ3) is 9.43. The molecule has 10 atom stereocenters. The molecule has 2 heterocycles. The average Bonchev–Trinajstić information content (AvgIpc) is 2.83. The molecular formula is C25H34O17. The number of carbonyl (C=O) groups is 7. The van der Waals surface area contributed by atoms with Crippen molar-refractivity contribution in [1.82, 2.24) is 0 Å². The average molecular weight is 607 g/mol. The summed E-state index contributed by atoms with van der Waals surface area (Å²) in [6.07, 6.45) is -16.0. The Morgan fingerprint density at radius 2 is 0.905 bits per heavy atom. The number of aliphatic hydroxyl groups is 1. The van der Waals surface area contributed by atoms with Gasteiger partial charge in [-0.15, -0.1) is 0 Å². The summed E-state index contributed by atoms with van der Waals surface area (Å²) < 4.78 is 48.2. The highest BCUT2D eigenvalue weighted by Crippen LogP contribution is 2.32. The van der Waals surface area contributed by atoms with Crippen LogP contribution in [-0.4, -0.2) is 115 Å². The molecule has 0 radical (unpaired) electrons. The van der Waals surface area contributed by atoms with Gasteiger partial charge in [-0.25, -0.2) is 0 Å². The van der Waals surface area contributed by atoms with Crippen LogP contribution in [-0.2, 0) is 76.2 Å². The number of ether oxygens (including phenoxy) is 9. The quantitative estimate of drug-likeness (QED) is 0.223. The van der Waals surface area contributed by atoms with Crippen molar-refractivity contribution in [3.63, 3.8) is 0 Å². The maximum Gasteiger partial charge on any atom is 0.303 e. The van der Waals surface area contributed by atoms with Crippen molar-refractivity contribution >= 4 is 41.6 Å². The van der Waals surface area contributed by atoms with Crippen molar-refractivity contribution < 1.29 is 81.3 Å². The fourth-order valence-electron chi connectivity index (χ4n) is 4.43. The second-order valence-electron chi connectivity index (χ2n) is 9.38. The summed E-state index contributed by atoms with van der Waals surface area (Å²) in [5, 5.41) is 10.6. The molecule has 2 aliphatic rings. The number of hydrogen-bond donors (Lipinski definition) is 1. The molecule has 0 aromatic carbocycles. The lowest BCUT2D eigenvalue weighted by Gasteiger charge is -2.45. The molecule has 0 amide bonds. The van der Waals surface area contributed by atoms with Gasteiger partial charge in [0.2, 0.25) is 0 Å². The first kappa shape index (κ1) is 34.5. The molecule has 17 nitrogen and oxygen atoms in total. The van der Waals surface area contributed by atoms with Crippen LogP contribution >= 0.6 is 0 Å². The molecule has 0 saturated carbocycles. The van der Waals surface area contributed by atoms with Crippen LogP contribution in [0.3, 0.4) is 0 Å². The van der Waals surface area contributed by atoms with E-state index in [0.29, 0.717) is 0 Å². The van der Waals surface area contributed by atoms with Crippen molar-refractivity contribution in [2.75, 3.05) is 6.61 Å². The lowest BCUT2D eigenvalue weighted by atomic mass is 9.95. The van der Waals surface area contributed by atoms with E-state index in [0.717, 1.165) is 48.5 Å². The number of Topliss-reactive ketones (excluding diaryl/α,β-unsaturated/α-hetero) is 1. The van der Waals surface area contributed by atoms with Crippen LogP contribution in [0, 0.1) is 0 Å². The Morgan fingerprint density at radius 3 is 1.36 bits per heavy atom. The van der Waals surface area contributed by atoms with Gasteiger partial charge >= 0.3 is 35.8 Å². The molecule has 42 heavy (non-hydrogen) atoms. The largest absolute Gasteiger partial charge is 0.456 e. The molecule has 0 spiro atoms. The standard InChI is InChI=1S/C25H34O17/c1-9(26)17-19(36-11(3)28)21(38-13(5)30)23(40-15(7)32)25(42-17)34-8-16-18(35-10(2)27)20(37-12(4)29)22(24(33)41-16)39-14(6)31/h16-25,33H,8H2,1-7H3/t16-,17?,18?,19-,20?,21+,22-,23-,24?,25?/m1/s1. The van der Waals surface area contributed by atoms with Gasteiger partial charge in [-0.3, -0.25) is 33.6 Å². The first-order chi connectivity index (χ1) is 19.5. The molecule has 0 aliphatic carbocycles. The fourth-order valence-corrected chi connectivity index (χ4v) is 4.43. The highest BCUT2D eigenvalue weighted by atomic mass is 16.7. The van der Waals surface area contributed by atoms with E-state index in [2.05, 4.69) is 0 Å². The first-order valence-electron chi connectivity index (χ1n) is 12.7. The summed E-state index contributed by atoms with van der Waals surface area (Å²) in [5.41, 5.74) is 0. The topological polar surface area (TPSA) is 223 Å². The summed E-state index contributed by atoms with van der Waals surface area (Å²) in [6, 6.07) is 0. The molecule has 0 aromatic rings. The molecule has 17 heteroatoms. The third-order valence-corrected chi connectivity index (χ3v) is 5.74. The molecule has 2 aliphatic heterocycles. The number of aliphatic hydroxyl groups excluding tert-OH is 1. The monoisotopic (exact) mass is 606 g/mol. The number of carbonyl (C=O) groups excluding carboxylic acids is 7. The number of ketones is 1. The van der Waals surface area contributed by atoms with Gasteiger partial charge in [0.25, 0.3) is 0 Å². The van der Waals surface area contributed by atoms with Crippen LogP contribution in [0.2, 0.25) is 0 Å². The normalized spacial score (nSPS) is 32.5. The molecule has 236 valence electrons. The molecule has 5 unspecified atom stereocenters. The molecule has 1 N–H and O–H groups in total. The van der Waals surface area contributed by atoms with Crippen LogP contribution < -0.4 is 0 Å². The number of rotatable bonds is 10. The minimum Gasteiger partial charge on any atom is -0.456 e. The van der Waals surface area contributed by atoms with Crippen LogP contribution in [0.1, 0.15) is 48.5 Å². The van der Waals surface area contributed by atoms with Gasteiger partial charge in [-0.2, -0.15) is 0 Å². The van der Waals surface area contributed by atoms with E-state index in [1.807, 2.05) is 0 Å². The van der Waals surface area contributed by atoms with E-state index in [4.69, 9.17) is 42.6 Å². The van der Waals surface area contributed by atoms with E-state index >= 15 is 0 Å². The van der Waals surface area contributed by atoms with Gasteiger partial charge in [-0.05, 0) is 6.92 Å². The van der Waals surface area contributed by atoms with Gasteiger partial charge in [0.15, 0.2) is 61.1 Å². The fraction of sp³-hybridized carbons (Fsp3) is 0.720. The zero-order valence-corrected chi connectivity index (χ0v) is 24.0. The zero-order valence-electron chi connectivity index (χ0n) is 24.0. The Morgan fingerprint density at radius 1 is 0.524 bits per heavy atom. The van der Waals surface area contributed by atoms with Crippen molar-refractivity contribution in [3.05, 3.63) is 0 Å². The van der Waals surface area contributed by atoms with Crippen LogP contribution in [0.25, 0.3) is 0 Å². The maximum absolute atomic E-state index is 12.5. The predicted molar refractivity (Wildman–Crippen MR) is 129 cm³/mol. The second-order valence-corrected chi connectivity index (χ2v) is 9.38. The summed E-state index contributed by atoms with van der Waals surface area (Å²) in [4.78, 5) is 83.6. The Labute approximate surface area is 239 Å². The molecule has 0 bridgehead atoms. The Kier molecular flexibility index (Phi) is 12.3.